The van der Waals surface area contributed by atoms with Gasteiger partial charge < -0.3 is 13.7 Å². The summed E-state index contributed by atoms with van der Waals surface area (Å²) in [4.78, 5) is 5.21. The minimum atomic E-state index is 0.915. The van der Waals surface area contributed by atoms with E-state index in [1.54, 1.807) is 0 Å². The van der Waals surface area contributed by atoms with Crippen molar-refractivity contribution >= 4 is 76.5 Å². The summed E-state index contributed by atoms with van der Waals surface area (Å²) in [5.41, 5.74) is 14.6. The maximum atomic E-state index is 5.21. The highest BCUT2D eigenvalue weighted by molar-refractivity contribution is 6.29. The Hall–Kier alpha value is -8.15. The molecule has 0 atom stereocenters. The van der Waals surface area contributed by atoms with Crippen LogP contribution in [0.2, 0.25) is 0 Å². The van der Waals surface area contributed by atoms with E-state index in [0.717, 1.165) is 45.2 Å². The molecule has 4 heterocycles. The highest BCUT2D eigenvalue weighted by Gasteiger charge is 2.22. The molecule has 0 unspecified atom stereocenters. The molecule has 0 fully saturated rings. The van der Waals surface area contributed by atoms with Crippen LogP contribution in [0.25, 0.3) is 111 Å². The molecule has 0 bridgehead atoms. The van der Waals surface area contributed by atoms with Crippen molar-refractivity contribution in [3.8, 4) is 34.1 Å². The van der Waals surface area contributed by atoms with Gasteiger partial charge in [-0.1, -0.05) is 121 Å². The summed E-state index contributed by atoms with van der Waals surface area (Å²) >= 11 is 0. The molecule has 0 spiro atoms. The quantitative estimate of drug-likeness (QED) is 0.172. The van der Waals surface area contributed by atoms with Crippen molar-refractivity contribution in [1.82, 2.24) is 23.3 Å². The Morgan fingerprint density at radius 1 is 0.267 bits per heavy atom. The van der Waals surface area contributed by atoms with Crippen molar-refractivity contribution in [2.45, 2.75) is 0 Å². The molecule has 0 aliphatic rings. The van der Waals surface area contributed by atoms with Crippen LogP contribution in [0.3, 0.4) is 0 Å². The summed E-state index contributed by atoms with van der Waals surface area (Å²) in [5.74, 6) is 0.915. The fraction of sp³-hybridized carbons (Fsp3) is 0. The van der Waals surface area contributed by atoms with E-state index in [1.807, 2.05) is 0 Å². The van der Waals surface area contributed by atoms with Gasteiger partial charge in [0.05, 0.1) is 44.1 Å². The first-order valence-corrected chi connectivity index (χ1v) is 20.5. The summed E-state index contributed by atoms with van der Waals surface area (Å²) in [5, 5.41) is 7.47. The fourth-order valence-corrected chi connectivity index (χ4v) is 9.89. The Balaban J connectivity index is 1.04. The first-order valence-electron chi connectivity index (χ1n) is 20.5. The lowest BCUT2D eigenvalue weighted by atomic mass is 10.1. The maximum absolute atomic E-state index is 5.21. The van der Waals surface area contributed by atoms with Crippen molar-refractivity contribution in [3.05, 3.63) is 212 Å². The third kappa shape index (κ3) is 4.66. The molecule has 0 saturated heterocycles. The second kappa shape index (κ2) is 12.7. The molecule has 0 aliphatic carbocycles. The monoisotopic (exact) mass is 765 g/mol. The first-order chi connectivity index (χ1) is 29.8. The van der Waals surface area contributed by atoms with Gasteiger partial charge in [0.25, 0.3) is 0 Å². The molecule has 0 amide bonds. The largest absolute Gasteiger partial charge is 0.309 e. The molecule has 9 aromatic carbocycles. The number of rotatable bonds is 5. The van der Waals surface area contributed by atoms with E-state index in [2.05, 4.69) is 231 Å². The molecule has 5 nitrogen and oxygen atoms in total. The number of benzene rings is 9. The van der Waals surface area contributed by atoms with Crippen molar-refractivity contribution in [1.29, 1.82) is 0 Å². The van der Waals surface area contributed by atoms with Crippen molar-refractivity contribution in [2.75, 3.05) is 0 Å². The summed E-state index contributed by atoms with van der Waals surface area (Å²) in [7, 11) is 0. The van der Waals surface area contributed by atoms with Crippen LogP contribution in [-0.2, 0) is 0 Å². The molecule has 0 radical (unpaired) electrons. The smallest absolute Gasteiger partial charge is 0.145 e. The number of para-hydroxylation sites is 7. The number of aromatic nitrogens is 5. The Labute approximate surface area is 344 Å². The normalized spacial score (nSPS) is 12.0. The Morgan fingerprint density at radius 3 is 1.27 bits per heavy atom. The Bertz CT molecular complexity index is 3790. The van der Waals surface area contributed by atoms with Gasteiger partial charge in [-0.05, 0) is 91.0 Å². The average Bonchev–Trinajstić information content (AvgIpc) is 4.06. The molecule has 60 heavy (non-hydrogen) atoms. The molecule has 4 aromatic heterocycles. The zero-order chi connectivity index (χ0) is 39.3. The van der Waals surface area contributed by atoms with E-state index in [1.165, 1.54) is 65.4 Å². The van der Waals surface area contributed by atoms with Gasteiger partial charge in [0.1, 0.15) is 5.82 Å². The number of nitrogens with zero attached hydrogens (tertiary/aromatic N) is 5. The molecule has 0 saturated carbocycles. The second-order valence-corrected chi connectivity index (χ2v) is 15.6. The minimum Gasteiger partial charge on any atom is -0.309 e. The molecular formula is C55H35N5. The van der Waals surface area contributed by atoms with Gasteiger partial charge >= 0.3 is 0 Å². The number of fused-ring (bicyclic) bond motifs is 11. The lowest BCUT2D eigenvalue weighted by Crippen LogP contribution is -1.99. The molecule has 0 aliphatic heterocycles. The number of hydrogen-bond donors (Lipinski definition) is 0. The van der Waals surface area contributed by atoms with Crippen molar-refractivity contribution in [2.24, 2.45) is 0 Å². The van der Waals surface area contributed by atoms with E-state index >= 15 is 0 Å². The SMILES string of the molecule is c1ccc(-n2c(-c3cccc(-n4c5ccccc5c5c6c7ccccc7n(-c7cccc(-n8c9ccccc9c9ccccc98)c7)c6ccc54)c3)nc3ccccc32)cc1. The van der Waals surface area contributed by atoms with Gasteiger partial charge in [-0.3, -0.25) is 4.57 Å². The van der Waals surface area contributed by atoms with Crippen LogP contribution in [0.15, 0.2) is 212 Å². The topological polar surface area (TPSA) is 32.6 Å². The highest BCUT2D eigenvalue weighted by atomic mass is 15.1. The van der Waals surface area contributed by atoms with Crippen LogP contribution in [0.1, 0.15) is 0 Å². The van der Waals surface area contributed by atoms with Gasteiger partial charge in [0.15, 0.2) is 0 Å². The van der Waals surface area contributed by atoms with Crippen LogP contribution in [-0.4, -0.2) is 23.3 Å². The molecule has 0 N–H and O–H groups in total. The van der Waals surface area contributed by atoms with Crippen LogP contribution in [0.4, 0.5) is 0 Å². The van der Waals surface area contributed by atoms with Crippen LogP contribution in [0, 0.1) is 0 Å². The third-order valence-corrected chi connectivity index (χ3v) is 12.3. The standard InChI is InChI=1S/C55H35N5/c1-2-17-37(18-3-1)60-50-31-13-8-26-45(50)56-55(60)36-16-14-19-38(34-36)58-48-29-11-6-24-43(48)53-51(58)32-33-52-54(53)44-25-7-12-30-49(44)59(52)40-21-15-20-39(35-40)57-46-27-9-4-22-41(46)42-23-5-10-28-47(42)57/h1-35H. The van der Waals surface area contributed by atoms with E-state index in [9.17, 15) is 0 Å². The van der Waals surface area contributed by atoms with Gasteiger partial charge in [0, 0.05) is 60.6 Å². The molecule has 13 rings (SSSR count). The van der Waals surface area contributed by atoms with Gasteiger partial charge in [-0.25, -0.2) is 4.98 Å². The van der Waals surface area contributed by atoms with Gasteiger partial charge in [0.2, 0.25) is 0 Å². The lowest BCUT2D eigenvalue weighted by molar-refractivity contribution is 1.10. The lowest BCUT2D eigenvalue weighted by Gasteiger charge is -2.13. The van der Waals surface area contributed by atoms with Gasteiger partial charge in [-0.15, -0.1) is 0 Å². The van der Waals surface area contributed by atoms with Crippen LogP contribution < -0.4 is 0 Å². The number of imidazole rings is 1. The van der Waals surface area contributed by atoms with Crippen molar-refractivity contribution in [3.63, 3.8) is 0 Å². The van der Waals surface area contributed by atoms with E-state index in [0.29, 0.717) is 0 Å². The zero-order valence-electron chi connectivity index (χ0n) is 32.4. The predicted octanol–water partition coefficient (Wildman–Crippen LogP) is 14.0. The summed E-state index contributed by atoms with van der Waals surface area (Å²) in [6, 6.07) is 76.5. The number of hydrogen-bond acceptors (Lipinski definition) is 1. The Kier molecular flexibility index (Phi) is 6.95. The molecule has 5 heteroatoms. The first kappa shape index (κ1) is 32.9. The molecule has 13 aromatic rings. The maximum Gasteiger partial charge on any atom is 0.145 e. The fourth-order valence-electron chi connectivity index (χ4n) is 9.89. The Morgan fingerprint density at radius 2 is 0.683 bits per heavy atom. The van der Waals surface area contributed by atoms with Crippen LogP contribution >= 0.6 is 0 Å². The van der Waals surface area contributed by atoms with Gasteiger partial charge in [-0.2, -0.15) is 0 Å². The highest BCUT2D eigenvalue weighted by Crippen LogP contribution is 2.43. The molecule has 280 valence electrons. The second-order valence-electron chi connectivity index (χ2n) is 15.6. The minimum absolute atomic E-state index is 0.915. The zero-order valence-corrected chi connectivity index (χ0v) is 32.4. The summed E-state index contributed by atoms with van der Waals surface area (Å²) in [6.45, 7) is 0. The summed E-state index contributed by atoms with van der Waals surface area (Å²) in [6.07, 6.45) is 0. The third-order valence-electron chi connectivity index (χ3n) is 12.3. The predicted molar refractivity (Wildman–Crippen MR) is 250 cm³/mol. The summed E-state index contributed by atoms with van der Waals surface area (Å²) < 4.78 is 9.55. The van der Waals surface area contributed by atoms with Crippen molar-refractivity contribution < 1.29 is 0 Å². The average molecular weight is 766 g/mol. The van der Waals surface area contributed by atoms with E-state index < -0.39 is 0 Å². The molecular weight excluding hydrogens is 731 g/mol. The van der Waals surface area contributed by atoms with Crippen LogP contribution in [0.5, 0.6) is 0 Å². The van der Waals surface area contributed by atoms with E-state index in [4.69, 9.17) is 4.98 Å². The van der Waals surface area contributed by atoms with E-state index in [-0.39, 0.29) is 0 Å².